The van der Waals surface area contributed by atoms with Crippen molar-refractivity contribution in [3.63, 3.8) is 0 Å². The highest BCUT2D eigenvalue weighted by Gasteiger charge is 2.31. The molecule has 1 aromatic carbocycles. The molecule has 1 amide bonds. The van der Waals surface area contributed by atoms with Gasteiger partial charge in [0.05, 0.1) is 12.7 Å². The fraction of sp³-hybridized carbons (Fsp3) is 0.389. The minimum Gasteiger partial charge on any atom is -0.467 e. The molecule has 6 heteroatoms. The Morgan fingerprint density at radius 1 is 1.33 bits per heavy atom. The lowest BCUT2D eigenvalue weighted by atomic mass is 10.0. The van der Waals surface area contributed by atoms with Crippen molar-refractivity contribution in [3.8, 4) is 0 Å². The second-order valence-corrected chi connectivity index (χ2v) is 6.04. The average Bonchev–Trinajstić information content (AvgIpc) is 3.23. The van der Waals surface area contributed by atoms with Crippen molar-refractivity contribution in [1.29, 1.82) is 0 Å². The van der Waals surface area contributed by atoms with Crippen LogP contribution in [0.2, 0.25) is 0 Å². The first kappa shape index (κ1) is 16.6. The quantitative estimate of drug-likeness (QED) is 0.913. The van der Waals surface area contributed by atoms with Gasteiger partial charge in [0.15, 0.2) is 11.6 Å². The van der Waals surface area contributed by atoms with E-state index in [9.17, 15) is 18.7 Å². The zero-order valence-corrected chi connectivity index (χ0v) is 13.1. The molecule has 3 rings (SSSR count). The molecule has 0 bridgehead atoms. The number of nitrogens with zero attached hydrogens (tertiary/aromatic N) is 1. The Morgan fingerprint density at radius 3 is 2.92 bits per heavy atom. The highest BCUT2D eigenvalue weighted by atomic mass is 19.2. The molecular formula is C18H19F2NO3. The number of aliphatic hydroxyl groups excluding tert-OH is 1. The van der Waals surface area contributed by atoms with E-state index in [1.54, 1.807) is 17.0 Å². The maximum atomic E-state index is 13.7. The van der Waals surface area contributed by atoms with E-state index in [4.69, 9.17) is 4.42 Å². The number of carbonyl (C=O) groups is 1. The van der Waals surface area contributed by atoms with Crippen molar-refractivity contribution in [3.05, 3.63) is 59.6 Å². The van der Waals surface area contributed by atoms with Crippen LogP contribution in [0.25, 0.3) is 0 Å². The number of amides is 1. The zero-order valence-electron chi connectivity index (χ0n) is 13.1. The van der Waals surface area contributed by atoms with E-state index >= 15 is 0 Å². The standard InChI is InChI=1S/C18H19F2NO3/c19-14-6-1-4-12(18(14)20)10-17(23)21-8-2-5-13(21)11-15(22)16-7-3-9-24-16/h1,3-4,6-7,9,13,15,22H,2,5,8,10-11H2. The van der Waals surface area contributed by atoms with Gasteiger partial charge in [0.25, 0.3) is 0 Å². The van der Waals surface area contributed by atoms with Crippen molar-refractivity contribution in [2.45, 2.75) is 37.8 Å². The molecule has 1 saturated heterocycles. The van der Waals surface area contributed by atoms with E-state index in [-0.39, 0.29) is 23.9 Å². The molecule has 0 spiro atoms. The number of aliphatic hydroxyl groups is 1. The van der Waals surface area contributed by atoms with Crippen molar-refractivity contribution < 1.29 is 23.1 Å². The maximum Gasteiger partial charge on any atom is 0.227 e. The molecule has 1 N–H and O–H groups in total. The molecule has 2 heterocycles. The van der Waals surface area contributed by atoms with Gasteiger partial charge >= 0.3 is 0 Å². The molecule has 1 fully saturated rings. The van der Waals surface area contributed by atoms with Gasteiger partial charge in [-0.2, -0.15) is 0 Å². The fourth-order valence-electron chi connectivity index (χ4n) is 3.21. The van der Waals surface area contributed by atoms with E-state index in [2.05, 4.69) is 0 Å². The Hall–Kier alpha value is -2.21. The van der Waals surface area contributed by atoms with Crippen LogP contribution in [0.4, 0.5) is 8.78 Å². The maximum absolute atomic E-state index is 13.7. The third-order valence-electron chi connectivity index (χ3n) is 4.44. The molecule has 1 aromatic heterocycles. The number of halogens is 2. The third kappa shape index (κ3) is 3.48. The summed E-state index contributed by atoms with van der Waals surface area (Å²) >= 11 is 0. The SMILES string of the molecule is O=C(Cc1cccc(F)c1F)N1CCCC1CC(O)c1ccco1. The largest absolute Gasteiger partial charge is 0.467 e. The fourth-order valence-corrected chi connectivity index (χ4v) is 3.21. The molecule has 1 aliphatic rings. The van der Waals surface area contributed by atoms with Crippen LogP contribution in [0.15, 0.2) is 41.0 Å². The number of hydrogen-bond acceptors (Lipinski definition) is 3. The third-order valence-corrected chi connectivity index (χ3v) is 4.44. The molecule has 4 nitrogen and oxygen atoms in total. The average molecular weight is 335 g/mol. The lowest BCUT2D eigenvalue weighted by Crippen LogP contribution is -2.37. The van der Waals surface area contributed by atoms with Gasteiger partial charge in [0.2, 0.25) is 5.91 Å². The van der Waals surface area contributed by atoms with E-state index in [0.717, 1.165) is 18.9 Å². The summed E-state index contributed by atoms with van der Waals surface area (Å²) in [4.78, 5) is 14.1. The Morgan fingerprint density at radius 2 is 2.17 bits per heavy atom. The summed E-state index contributed by atoms with van der Waals surface area (Å²) in [6, 6.07) is 7.09. The Kier molecular flexibility index (Phi) is 4.94. The van der Waals surface area contributed by atoms with Gasteiger partial charge in [-0.3, -0.25) is 4.79 Å². The zero-order chi connectivity index (χ0) is 17.1. The summed E-state index contributed by atoms with van der Waals surface area (Å²) in [6.07, 6.45) is 2.48. The van der Waals surface area contributed by atoms with Crippen LogP contribution in [-0.2, 0) is 11.2 Å². The van der Waals surface area contributed by atoms with Crippen molar-refractivity contribution in [2.24, 2.45) is 0 Å². The van der Waals surface area contributed by atoms with Gasteiger partial charge < -0.3 is 14.4 Å². The van der Waals surface area contributed by atoms with Crippen LogP contribution in [0.1, 0.15) is 36.7 Å². The topological polar surface area (TPSA) is 53.7 Å². The number of hydrogen-bond donors (Lipinski definition) is 1. The Bertz CT molecular complexity index is 702. The number of rotatable bonds is 5. The molecule has 128 valence electrons. The summed E-state index contributed by atoms with van der Waals surface area (Å²) in [6.45, 7) is 0.561. The Labute approximate surface area is 138 Å². The minimum absolute atomic E-state index is 0.0530. The normalized spacial score (nSPS) is 18.8. The van der Waals surface area contributed by atoms with Crippen LogP contribution in [0.5, 0.6) is 0 Å². The molecule has 24 heavy (non-hydrogen) atoms. The van der Waals surface area contributed by atoms with Crippen LogP contribution in [-0.4, -0.2) is 28.5 Å². The highest BCUT2D eigenvalue weighted by molar-refractivity contribution is 5.79. The summed E-state index contributed by atoms with van der Waals surface area (Å²) in [5, 5.41) is 10.2. The second kappa shape index (κ2) is 7.13. The van der Waals surface area contributed by atoms with Crippen LogP contribution < -0.4 is 0 Å². The van der Waals surface area contributed by atoms with Gasteiger partial charge in [-0.15, -0.1) is 0 Å². The molecule has 2 aromatic rings. The van der Waals surface area contributed by atoms with Crippen LogP contribution in [0.3, 0.4) is 0 Å². The van der Waals surface area contributed by atoms with Crippen molar-refractivity contribution in [1.82, 2.24) is 4.90 Å². The van der Waals surface area contributed by atoms with Gasteiger partial charge in [-0.1, -0.05) is 12.1 Å². The monoisotopic (exact) mass is 335 g/mol. The van der Waals surface area contributed by atoms with Crippen LogP contribution in [0, 0.1) is 11.6 Å². The lowest BCUT2D eigenvalue weighted by Gasteiger charge is -2.26. The highest BCUT2D eigenvalue weighted by Crippen LogP contribution is 2.28. The smallest absolute Gasteiger partial charge is 0.227 e. The summed E-state index contributed by atoms with van der Waals surface area (Å²) in [5.41, 5.74) is 0.0530. The van der Waals surface area contributed by atoms with Crippen molar-refractivity contribution >= 4 is 5.91 Å². The van der Waals surface area contributed by atoms with Gasteiger partial charge in [-0.05, 0) is 31.0 Å². The summed E-state index contributed by atoms with van der Waals surface area (Å²) in [5.74, 6) is -1.72. The van der Waals surface area contributed by atoms with Gasteiger partial charge in [0, 0.05) is 24.6 Å². The molecular weight excluding hydrogens is 316 g/mol. The molecule has 0 saturated carbocycles. The number of furan rings is 1. The van der Waals surface area contributed by atoms with Crippen molar-refractivity contribution in [2.75, 3.05) is 6.54 Å². The first-order valence-electron chi connectivity index (χ1n) is 8.00. The summed E-state index contributed by atoms with van der Waals surface area (Å²) in [7, 11) is 0. The molecule has 0 aliphatic carbocycles. The number of carbonyl (C=O) groups excluding carboxylic acids is 1. The van der Waals surface area contributed by atoms with Gasteiger partial charge in [-0.25, -0.2) is 8.78 Å². The predicted octanol–water partition coefficient (Wildman–Crippen LogP) is 3.22. The number of likely N-dealkylation sites (tertiary alicyclic amines) is 1. The lowest BCUT2D eigenvalue weighted by molar-refractivity contribution is -0.131. The van der Waals surface area contributed by atoms with E-state index < -0.39 is 17.7 Å². The van der Waals surface area contributed by atoms with Gasteiger partial charge in [0.1, 0.15) is 11.9 Å². The van der Waals surface area contributed by atoms with E-state index in [1.807, 2.05) is 0 Å². The molecule has 0 radical (unpaired) electrons. The Balaban J connectivity index is 1.66. The first-order chi connectivity index (χ1) is 11.6. The molecule has 2 atom stereocenters. The predicted molar refractivity (Wildman–Crippen MR) is 83.1 cm³/mol. The van der Waals surface area contributed by atoms with E-state index in [1.165, 1.54) is 18.4 Å². The first-order valence-corrected chi connectivity index (χ1v) is 8.00. The second-order valence-electron chi connectivity index (χ2n) is 6.04. The number of benzene rings is 1. The molecule has 2 unspecified atom stereocenters. The molecule has 1 aliphatic heterocycles. The van der Waals surface area contributed by atoms with E-state index in [0.29, 0.717) is 18.7 Å². The minimum atomic E-state index is -0.975. The summed E-state index contributed by atoms with van der Waals surface area (Å²) < 4.78 is 32.2. The van der Waals surface area contributed by atoms with Crippen LogP contribution >= 0.6 is 0 Å².